The van der Waals surface area contributed by atoms with E-state index in [4.69, 9.17) is 0 Å². The van der Waals surface area contributed by atoms with Crippen molar-refractivity contribution in [3.05, 3.63) is 75.6 Å². The molecule has 3 aromatic rings. The van der Waals surface area contributed by atoms with E-state index in [1.54, 1.807) is 12.3 Å². The molecule has 2 amide bonds. The molecule has 0 unspecified atom stereocenters. The minimum Gasteiger partial charge on any atom is -0.339 e. The van der Waals surface area contributed by atoms with E-state index in [1.807, 2.05) is 43.0 Å². The highest BCUT2D eigenvalue weighted by molar-refractivity contribution is 9.10. The SMILES string of the molecule is Cc1ccccc1-n1c(C)cc(C(=O)N2CCC(C(=O)Nc3ccc(Br)cn3)CC2)c1C. The highest BCUT2D eigenvalue weighted by atomic mass is 79.9. The summed E-state index contributed by atoms with van der Waals surface area (Å²) in [6, 6.07) is 13.8. The lowest BCUT2D eigenvalue weighted by Crippen LogP contribution is -2.41. The van der Waals surface area contributed by atoms with Gasteiger partial charge in [0.05, 0.1) is 5.56 Å². The molecule has 1 fully saturated rings. The molecule has 3 heterocycles. The van der Waals surface area contributed by atoms with E-state index in [1.165, 1.54) is 5.56 Å². The van der Waals surface area contributed by atoms with Crippen LogP contribution in [0.5, 0.6) is 0 Å². The van der Waals surface area contributed by atoms with Crippen LogP contribution in [0.2, 0.25) is 0 Å². The van der Waals surface area contributed by atoms with Crippen LogP contribution in [0.1, 0.15) is 40.2 Å². The van der Waals surface area contributed by atoms with Gasteiger partial charge >= 0.3 is 0 Å². The lowest BCUT2D eigenvalue weighted by atomic mass is 9.95. The Morgan fingerprint density at radius 2 is 1.78 bits per heavy atom. The first kappa shape index (κ1) is 22.3. The van der Waals surface area contributed by atoms with Crippen molar-refractivity contribution in [3.8, 4) is 5.69 Å². The molecular weight excluding hydrogens is 468 g/mol. The fraction of sp³-hybridized carbons (Fsp3) is 0.320. The Bertz CT molecular complexity index is 1150. The van der Waals surface area contributed by atoms with E-state index < -0.39 is 0 Å². The minimum absolute atomic E-state index is 0.0337. The van der Waals surface area contributed by atoms with E-state index >= 15 is 0 Å². The summed E-state index contributed by atoms with van der Waals surface area (Å²) < 4.78 is 3.01. The normalized spacial score (nSPS) is 14.4. The van der Waals surface area contributed by atoms with Crippen molar-refractivity contribution in [2.24, 2.45) is 5.92 Å². The van der Waals surface area contributed by atoms with Crippen LogP contribution >= 0.6 is 15.9 Å². The molecule has 7 heteroatoms. The number of nitrogens with zero attached hydrogens (tertiary/aromatic N) is 3. The number of aryl methyl sites for hydroxylation is 2. The number of hydrogen-bond acceptors (Lipinski definition) is 3. The number of hydrogen-bond donors (Lipinski definition) is 1. The molecule has 0 aliphatic carbocycles. The van der Waals surface area contributed by atoms with Crippen molar-refractivity contribution < 1.29 is 9.59 Å². The number of carbonyl (C=O) groups is 2. The molecule has 32 heavy (non-hydrogen) atoms. The summed E-state index contributed by atoms with van der Waals surface area (Å²) >= 11 is 3.34. The number of anilines is 1. The maximum atomic E-state index is 13.3. The number of nitrogens with one attached hydrogen (secondary N) is 1. The lowest BCUT2D eigenvalue weighted by molar-refractivity contribution is -0.121. The third-order valence-corrected chi connectivity index (χ3v) is 6.62. The van der Waals surface area contributed by atoms with Crippen LogP contribution in [0.4, 0.5) is 5.82 Å². The van der Waals surface area contributed by atoms with E-state index in [0.717, 1.165) is 27.1 Å². The lowest BCUT2D eigenvalue weighted by Gasteiger charge is -2.31. The monoisotopic (exact) mass is 494 g/mol. The van der Waals surface area contributed by atoms with Crippen molar-refractivity contribution >= 4 is 33.6 Å². The number of piperidine rings is 1. The molecule has 1 aliphatic heterocycles. The fourth-order valence-electron chi connectivity index (χ4n) is 4.36. The maximum Gasteiger partial charge on any atom is 0.255 e. The van der Waals surface area contributed by atoms with E-state index in [9.17, 15) is 9.59 Å². The molecule has 1 aromatic carbocycles. The Labute approximate surface area is 196 Å². The van der Waals surface area contributed by atoms with Gasteiger partial charge in [-0.25, -0.2) is 4.98 Å². The molecular formula is C25H27BrN4O2. The van der Waals surface area contributed by atoms with Crippen molar-refractivity contribution in [2.75, 3.05) is 18.4 Å². The van der Waals surface area contributed by atoms with Gasteiger partial charge in [-0.2, -0.15) is 0 Å². The average molecular weight is 495 g/mol. The maximum absolute atomic E-state index is 13.3. The van der Waals surface area contributed by atoms with Gasteiger partial charge in [-0.05, 0) is 79.4 Å². The number of likely N-dealkylation sites (tertiary alicyclic amines) is 1. The van der Waals surface area contributed by atoms with Gasteiger partial charge in [0.1, 0.15) is 5.82 Å². The Balaban J connectivity index is 1.43. The van der Waals surface area contributed by atoms with Crippen LogP contribution in [-0.2, 0) is 4.79 Å². The molecule has 0 atom stereocenters. The predicted octanol–water partition coefficient (Wildman–Crippen LogP) is 5.05. The number of halogens is 1. The third-order valence-electron chi connectivity index (χ3n) is 6.15. The third kappa shape index (κ3) is 4.48. The predicted molar refractivity (Wildman–Crippen MR) is 129 cm³/mol. The van der Waals surface area contributed by atoms with Crippen LogP contribution in [0.25, 0.3) is 5.69 Å². The van der Waals surface area contributed by atoms with E-state index in [0.29, 0.717) is 31.7 Å². The van der Waals surface area contributed by atoms with E-state index in [2.05, 4.69) is 49.9 Å². The summed E-state index contributed by atoms with van der Waals surface area (Å²) in [6.07, 6.45) is 2.94. The van der Waals surface area contributed by atoms with Gasteiger partial charge in [-0.3, -0.25) is 9.59 Å². The molecule has 1 aliphatic rings. The first-order chi connectivity index (χ1) is 15.3. The zero-order chi connectivity index (χ0) is 22.8. The standard InChI is InChI=1S/C25H27BrN4O2/c1-16-6-4-5-7-22(16)30-17(2)14-21(18(30)3)25(32)29-12-10-19(11-13-29)24(31)28-23-9-8-20(26)15-27-23/h4-9,14-15,19H,10-13H2,1-3H3,(H,27,28,31). The number of benzene rings is 1. The molecule has 0 saturated carbocycles. The largest absolute Gasteiger partial charge is 0.339 e. The summed E-state index contributed by atoms with van der Waals surface area (Å²) in [4.78, 5) is 32.0. The fourth-order valence-corrected chi connectivity index (χ4v) is 4.59. The second kappa shape index (κ2) is 9.28. The molecule has 0 radical (unpaired) electrons. The van der Waals surface area contributed by atoms with Gasteiger partial charge < -0.3 is 14.8 Å². The highest BCUT2D eigenvalue weighted by Crippen LogP contribution is 2.26. The van der Waals surface area contributed by atoms with Crippen molar-refractivity contribution in [3.63, 3.8) is 0 Å². The molecule has 6 nitrogen and oxygen atoms in total. The molecule has 0 bridgehead atoms. The molecule has 166 valence electrons. The van der Waals surface area contributed by atoms with Gasteiger partial charge in [-0.15, -0.1) is 0 Å². The summed E-state index contributed by atoms with van der Waals surface area (Å²) in [5.41, 5.74) is 4.98. The van der Waals surface area contributed by atoms with Crippen LogP contribution in [0.3, 0.4) is 0 Å². The van der Waals surface area contributed by atoms with Crippen molar-refractivity contribution in [1.29, 1.82) is 0 Å². The molecule has 4 rings (SSSR count). The number of pyridine rings is 1. The number of para-hydroxylation sites is 1. The summed E-state index contributed by atoms with van der Waals surface area (Å²) in [6.45, 7) is 7.24. The summed E-state index contributed by atoms with van der Waals surface area (Å²) in [5.74, 6) is 0.417. The smallest absolute Gasteiger partial charge is 0.255 e. The number of rotatable bonds is 4. The van der Waals surface area contributed by atoms with Crippen LogP contribution < -0.4 is 5.32 Å². The Morgan fingerprint density at radius 3 is 2.44 bits per heavy atom. The Kier molecular flexibility index (Phi) is 6.46. The topological polar surface area (TPSA) is 67.2 Å². The van der Waals surface area contributed by atoms with Crippen molar-refractivity contribution in [2.45, 2.75) is 33.6 Å². The number of amides is 2. The summed E-state index contributed by atoms with van der Waals surface area (Å²) in [7, 11) is 0. The Morgan fingerprint density at radius 1 is 1.06 bits per heavy atom. The highest BCUT2D eigenvalue weighted by Gasteiger charge is 2.29. The number of aromatic nitrogens is 2. The first-order valence-electron chi connectivity index (χ1n) is 10.8. The van der Waals surface area contributed by atoms with Crippen LogP contribution in [0, 0.1) is 26.7 Å². The van der Waals surface area contributed by atoms with Gasteiger partial charge in [0.2, 0.25) is 5.91 Å². The second-order valence-electron chi connectivity index (χ2n) is 8.32. The first-order valence-corrected chi connectivity index (χ1v) is 11.6. The van der Waals surface area contributed by atoms with Crippen LogP contribution in [-0.4, -0.2) is 39.4 Å². The second-order valence-corrected chi connectivity index (χ2v) is 9.24. The molecule has 2 aromatic heterocycles. The minimum atomic E-state index is -0.121. The van der Waals surface area contributed by atoms with Gasteiger partial charge in [0, 0.05) is 46.8 Å². The van der Waals surface area contributed by atoms with E-state index in [-0.39, 0.29) is 17.7 Å². The molecule has 1 saturated heterocycles. The number of carbonyl (C=O) groups excluding carboxylic acids is 2. The Hall–Kier alpha value is -2.93. The molecule has 1 N–H and O–H groups in total. The summed E-state index contributed by atoms with van der Waals surface area (Å²) in [5, 5.41) is 2.88. The average Bonchev–Trinajstić information content (AvgIpc) is 3.09. The van der Waals surface area contributed by atoms with Crippen molar-refractivity contribution in [1.82, 2.24) is 14.5 Å². The van der Waals surface area contributed by atoms with Crippen LogP contribution in [0.15, 0.2) is 53.1 Å². The van der Waals surface area contributed by atoms with Gasteiger partial charge in [0.25, 0.3) is 5.91 Å². The molecule has 0 spiro atoms. The van der Waals surface area contributed by atoms with Gasteiger partial charge in [-0.1, -0.05) is 18.2 Å². The zero-order valence-electron chi connectivity index (χ0n) is 18.6. The van der Waals surface area contributed by atoms with Gasteiger partial charge in [0.15, 0.2) is 0 Å². The quantitative estimate of drug-likeness (QED) is 0.551. The zero-order valence-corrected chi connectivity index (χ0v) is 20.1.